The summed E-state index contributed by atoms with van der Waals surface area (Å²) >= 11 is 11.9. The van der Waals surface area contributed by atoms with Gasteiger partial charge in [0.15, 0.2) is 0 Å². The Labute approximate surface area is 123 Å². The molecule has 1 saturated heterocycles. The van der Waals surface area contributed by atoms with Crippen LogP contribution in [0.5, 0.6) is 0 Å². The lowest BCUT2D eigenvalue weighted by molar-refractivity contribution is -0.130. The number of carbonyl (C=O) groups excluding carboxylic acids is 1. The molecule has 0 saturated carbocycles. The van der Waals surface area contributed by atoms with Crippen molar-refractivity contribution in [3.8, 4) is 0 Å². The molecule has 1 heterocycles. The first-order valence-corrected chi connectivity index (χ1v) is 6.33. The zero-order chi connectivity index (χ0) is 12.4. The maximum absolute atomic E-state index is 11.7. The first-order chi connectivity index (χ1) is 8.13. The van der Waals surface area contributed by atoms with E-state index in [9.17, 15) is 4.79 Å². The Morgan fingerprint density at radius 2 is 2.11 bits per heavy atom. The maximum atomic E-state index is 11.7. The van der Waals surface area contributed by atoms with E-state index in [4.69, 9.17) is 28.9 Å². The summed E-state index contributed by atoms with van der Waals surface area (Å²) in [5.41, 5.74) is 6.43. The Morgan fingerprint density at radius 1 is 1.39 bits per heavy atom. The molecule has 0 spiro atoms. The van der Waals surface area contributed by atoms with Crippen molar-refractivity contribution in [3.63, 3.8) is 0 Å². The number of carbonyl (C=O) groups is 1. The van der Waals surface area contributed by atoms with Crippen LogP contribution < -0.4 is 5.73 Å². The fraction of sp³-hybridized carbons (Fsp3) is 0.417. The van der Waals surface area contributed by atoms with E-state index in [0.717, 1.165) is 24.9 Å². The smallest absolute Gasteiger partial charge is 0.236 e. The van der Waals surface area contributed by atoms with Gasteiger partial charge in [0, 0.05) is 6.54 Å². The molecule has 0 aliphatic carbocycles. The van der Waals surface area contributed by atoms with Crippen molar-refractivity contribution in [1.82, 2.24) is 4.90 Å². The predicted octanol–water partition coefficient (Wildman–Crippen LogP) is 3.04. The van der Waals surface area contributed by atoms with Crippen LogP contribution in [0.15, 0.2) is 18.2 Å². The molecule has 1 aliphatic rings. The number of halogens is 3. The van der Waals surface area contributed by atoms with Crippen molar-refractivity contribution in [1.29, 1.82) is 0 Å². The van der Waals surface area contributed by atoms with E-state index < -0.39 is 0 Å². The number of hydrogen-bond donors (Lipinski definition) is 1. The summed E-state index contributed by atoms with van der Waals surface area (Å²) in [6.45, 7) is 0.818. The number of rotatable bonds is 2. The van der Waals surface area contributed by atoms with Gasteiger partial charge < -0.3 is 10.6 Å². The third-order valence-corrected chi connectivity index (χ3v) is 3.82. The molecule has 1 aliphatic heterocycles. The topological polar surface area (TPSA) is 46.3 Å². The third kappa shape index (κ3) is 3.09. The number of hydrogen-bond acceptors (Lipinski definition) is 2. The standard InChI is InChI=1S/C12H14Cl2N2O.ClH/c13-9-4-3-8(6-10(9)14)11-2-1-5-16(11)12(17)7-15;/h3-4,6,11H,1-2,5,7,15H2;1H. The fourth-order valence-corrected chi connectivity index (χ4v) is 2.56. The Bertz CT molecular complexity index is 439. The average Bonchev–Trinajstić information content (AvgIpc) is 2.80. The molecule has 2 N–H and O–H groups in total. The highest BCUT2D eigenvalue weighted by molar-refractivity contribution is 6.42. The second kappa shape index (κ2) is 6.62. The van der Waals surface area contributed by atoms with Crippen LogP contribution in [-0.2, 0) is 4.79 Å². The van der Waals surface area contributed by atoms with Crippen molar-refractivity contribution in [2.45, 2.75) is 18.9 Å². The Morgan fingerprint density at radius 3 is 2.72 bits per heavy atom. The van der Waals surface area contributed by atoms with Crippen LogP contribution in [0.1, 0.15) is 24.4 Å². The van der Waals surface area contributed by atoms with E-state index in [2.05, 4.69) is 0 Å². The molecule has 1 aromatic carbocycles. The number of likely N-dealkylation sites (tertiary alicyclic amines) is 1. The van der Waals surface area contributed by atoms with Crippen LogP contribution in [0.3, 0.4) is 0 Å². The molecule has 1 unspecified atom stereocenters. The lowest BCUT2D eigenvalue weighted by Gasteiger charge is -2.24. The van der Waals surface area contributed by atoms with Crippen LogP contribution in [0.4, 0.5) is 0 Å². The van der Waals surface area contributed by atoms with Gasteiger partial charge in [-0.1, -0.05) is 29.3 Å². The van der Waals surface area contributed by atoms with Crippen molar-refractivity contribution in [2.75, 3.05) is 13.1 Å². The number of amides is 1. The molecular weight excluding hydrogens is 295 g/mol. The maximum Gasteiger partial charge on any atom is 0.236 e. The number of benzene rings is 1. The van der Waals surface area contributed by atoms with Gasteiger partial charge in [0.2, 0.25) is 5.91 Å². The quantitative estimate of drug-likeness (QED) is 0.912. The monoisotopic (exact) mass is 308 g/mol. The van der Waals surface area contributed by atoms with Crippen molar-refractivity contribution in [2.24, 2.45) is 5.73 Å². The summed E-state index contributed by atoms with van der Waals surface area (Å²) in [5, 5.41) is 1.06. The largest absolute Gasteiger partial charge is 0.335 e. The molecule has 2 rings (SSSR count). The summed E-state index contributed by atoms with van der Waals surface area (Å²) in [7, 11) is 0. The van der Waals surface area contributed by atoms with E-state index in [0.29, 0.717) is 10.0 Å². The van der Waals surface area contributed by atoms with Crippen molar-refractivity contribution < 1.29 is 4.79 Å². The zero-order valence-corrected chi connectivity index (χ0v) is 12.1. The SMILES string of the molecule is Cl.NCC(=O)N1CCCC1c1ccc(Cl)c(Cl)c1. The van der Waals surface area contributed by atoms with Gasteiger partial charge in [0.25, 0.3) is 0 Å². The summed E-state index contributed by atoms with van der Waals surface area (Å²) < 4.78 is 0. The van der Waals surface area contributed by atoms with Crippen LogP contribution in [0.2, 0.25) is 10.0 Å². The van der Waals surface area contributed by atoms with Crippen LogP contribution in [0.25, 0.3) is 0 Å². The number of nitrogens with two attached hydrogens (primary N) is 1. The first-order valence-electron chi connectivity index (χ1n) is 5.58. The highest BCUT2D eigenvalue weighted by Gasteiger charge is 2.29. The van der Waals surface area contributed by atoms with Crippen molar-refractivity contribution in [3.05, 3.63) is 33.8 Å². The second-order valence-corrected chi connectivity index (χ2v) is 4.94. The fourth-order valence-electron chi connectivity index (χ4n) is 2.25. The Hall–Kier alpha value is -0.480. The van der Waals surface area contributed by atoms with E-state index in [1.54, 1.807) is 6.07 Å². The highest BCUT2D eigenvalue weighted by Crippen LogP contribution is 2.34. The second-order valence-electron chi connectivity index (χ2n) is 4.12. The molecule has 1 aromatic rings. The van der Waals surface area contributed by atoms with Gasteiger partial charge in [0.05, 0.1) is 22.6 Å². The predicted molar refractivity (Wildman–Crippen MR) is 76.5 cm³/mol. The molecule has 0 radical (unpaired) electrons. The van der Waals surface area contributed by atoms with Gasteiger partial charge in [-0.2, -0.15) is 0 Å². The van der Waals surface area contributed by atoms with Crippen molar-refractivity contribution >= 4 is 41.5 Å². The van der Waals surface area contributed by atoms with Gasteiger partial charge in [-0.3, -0.25) is 4.79 Å². The lowest BCUT2D eigenvalue weighted by atomic mass is 10.0. The molecule has 3 nitrogen and oxygen atoms in total. The molecule has 6 heteroatoms. The average molecular weight is 310 g/mol. The normalized spacial score (nSPS) is 18.6. The summed E-state index contributed by atoms with van der Waals surface area (Å²) in [6, 6.07) is 5.60. The molecule has 1 amide bonds. The van der Waals surface area contributed by atoms with E-state index >= 15 is 0 Å². The highest BCUT2D eigenvalue weighted by atomic mass is 35.5. The molecule has 18 heavy (non-hydrogen) atoms. The summed E-state index contributed by atoms with van der Waals surface area (Å²) in [5.74, 6) is -0.0152. The van der Waals surface area contributed by atoms with Gasteiger partial charge in [-0.25, -0.2) is 0 Å². The Balaban J connectivity index is 0.00000162. The van der Waals surface area contributed by atoms with Crippen LogP contribution >= 0.6 is 35.6 Å². The van der Waals surface area contributed by atoms with Gasteiger partial charge in [-0.15, -0.1) is 12.4 Å². The molecule has 100 valence electrons. The minimum absolute atomic E-state index is 0. The molecule has 1 atom stereocenters. The van der Waals surface area contributed by atoms with E-state index in [1.807, 2.05) is 17.0 Å². The molecule has 1 fully saturated rings. The van der Waals surface area contributed by atoms with E-state index in [-0.39, 0.29) is 30.9 Å². The number of nitrogens with zero attached hydrogens (tertiary/aromatic N) is 1. The lowest BCUT2D eigenvalue weighted by Crippen LogP contribution is -2.35. The molecule has 0 bridgehead atoms. The van der Waals surface area contributed by atoms with E-state index in [1.165, 1.54) is 0 Å². The molecule has 0 aromatic heterocycles. The minimum Gasteiger partial charge on any atom is -0.335 e. The van der Waals surface area contributed by atoms with Gasteiger partial charge >= 0.3 is 0 Å². The summed E-state index contributed by atoms with van der Waals surface area (Å²) in [4.78, 5) is 13.5. The first kappa shape index (κ1) is 15.6. The summed E-state index contributed by atoms with van der Waals surface area (Å²) in [6.07, 6.45) is 1.94. The van der Waals surface area contributed by atoms with Gasteiger partial charge in [0.1, 0.15) is 0 Å². The minimum atomic E-state index is -0.0152. The Kier molecular flexibility index (Phi) is 5.73. The zero-order valence-electron chi connectivity index (χ0n) is 9.73. The van der Waals surface area contributed by atoms with Crippen LogP contribution in [0, 0.1) is 0 Å². The van der Waals surface area contributed by atoms with Crippen LogP contribution in [-0.4, -0.2) is 23.9 Å². The van der Waals surface area contributed by atoms with Gasteiger partial charge in [-0.05, 0) is 30.5 Å². The third-order valence-electron chi connectivity index (χ3n) is 3.08. The molecular formula is C12H15Cl3N2O.